The van der Waals surface area contributed by atoms with Gasteiger partial charge in [-0.3, -0.25) is 10.1 Å². The minimum atomic E-state index is -0.0865. The van der Waals surface area contributed by atoms with E-state index in [2.05, 4.69) is 48.7 Å². The smallest absolute Gasteiger partial charge is 0.241 e. The Morgan fingerprint density at radius 3 is 2.15 bits per heavy atom. The lowest BCUT2D eigenvalue weighted by Crippen LogP contribution is -2.38. The molecule has 0 bridgehead atoms. The molecular weight excluding hydrogens is 334 g/mol. The Labute approximate surface area is 163 Å². The molecule has 0 saturated carbocycles. The molecule has 0 radical (unpaired) electrons. The molecule has 3 rings (SSSR count). The average Bonchev–Trinajstić information content (AvgIpc) is 2.98. The van der Waals surface area contributed by atoms with Gasteiger partial charge in [0.2, 0.25) is 5.91 Å². The van der Waals surface area contributed by atoms with Gasteiger partial charge < -0.3 is 10.2 Å². The Kier molecular flexibility index (Phi) is 7.02. The fourth-order valence-electron chi connectivity index (χ4n) is 3.93. The summed E-state index contributed by atoms with van der Waals surface area (Å²) in [5.74, 6) is 0.212. The quantitative estimate of drug-likeness (QED) is 0.666. The van der Waals surface area contributed by atoms with Crippen molar-refractivity contribution >= 4 is 5.91 Å². The van der Waals surface area contributed by atoms with Crippen LogP contribution in [0, 0.1) is 0 Å². The number of benzene rings is 2. The molecule has 2 atom stereocenters. The first-order valence-corrected chi connectivity index (χ1v) is 10.1. The molecule has 144 valence electrons. The summed E-state index contributed by atoms with van der Waals surface area (Å²) in [4.78, 5) is 15.3. The first-order valence-electron chi connectivity index (χ1n) is 10.1. The SMILES string of the molecule is CCNCCCCC1N[C@@H](C)N(C(c2ccccc2)c2ccccc2)C1=O. The maximum absolute atomic E-state index is 13.3. The fraction of sp³-hybridized carbons (Fsp3) is 0.435. The number of nitrogens with zero attached hydrogens (tertiary/aromatic N) is 1. The van der Waals surface area contributed by atoms with E-state index in [1.807, 2.05) is 41.3 Å². The van der Waals surface area contributed by atoms with Crippen molar-refractivity contribution < 1.29 is 4.79 Å². The van der Waals surface area contributed by atoms with Gasteiger partial charge in [0.1, 0.15) is 0 Å². The highest BCUT2D eigenvalue weighted by atomic mass is 16.2. The second-order valence-corrected chi connectivity index (χ2v) is 7.21. The standard InChI is InChI=1S/C23H31N3O/c1-3-24-17-11-10-16-21-23(27)26(18(2)25-21)22(19-12-6-4-7-13-19)20-14-8-5-9-15-20/h4-9,12-15,18,21-22,24-25H,3,10-11,16-17H2,1-2H3/t18-,21?/m1/s1. The number of carbonyl (C=O) groups is 1. The van der Waals surface area contributed by atoms with Gasteiger partial charge in [-0.05, 0) is 44.0 Å². The monoisotopic (exact) mass is 365 g/mol. The summed E-state index contributed by atoms with van der Waals surface area (Å²) < 4.78 is 0. The van der Waals surface area contributed by atoms with Gasteiger partial charge in [0.15, 0.2) is 0 Å². The van der Waals surface area contributed by atoms with E-state index in [-0.39, 0.29) is 24.2 Å². The van der Waals surface area contributed by atoms with Crippen LogP contribution in [0.5, 0.6) is 0 Å². The summed E-state index contributed by atoms with van der Waals surface area (Å²) in [6.07, 6.45) is 3.07. The van der Waals surface area contributed by atoms with Gasteiger partial charge >= 0.3 is 0 Å². The molecule has 1 heterocycles. The fourth-order valence-corrected chi connectivity index (χ4v) is 3.93. The van der Waals surface area contributed by atoms with E-state index in [1.165, 1.54) is 0 Å². The van der Waals surface area contributed by atoms with E-state index >= 15 is 0 Å². The zero-order valence-corrected chi connectivity index (χ0v) is 16.4. The molecule has 1 aliphatic rings. The van der Waals surface area contributed by atoms with Crippen LogP contribution in [-0.4, -0.2) is 36.1 Å². The minimum Gasteiger partial charge on any atom is -0.317 e. The lowest BCUT2D eigenvalue weighted by atomic mass is 9.96. The lowest BCUT2D eigenvalue weighted by Gasteiger charge is -2.32. The van der Waals surface area contributed by atoms with E-state index in [4.69, 9.17) is 0 Å². The molecule has 2 N–H and O–H groups in total. The topological polar surface area (TPSA) is 44.4 Å². The molecule has 2 aromatic carbocycles. The van der Waals surface area contributed by atoms with Crippen LogP contribution in [0.15, 0.2) is 60.7 Å². The van der Waals surface area contributed by atoms with Crippen molar-refractivity contribution in [2.75, 3.05) is 13.1 Å². The molecule has 1 aliphatic heterocycles. The van der Waals surface area contributed by atoms with Gasteiger partial charge in [0.05, 0.1) is 18.2 Å². The van der Waals surface area contributed by atoms with E-state index in [1.54, 1.807) is 0 Å². The van der Waals surface area contributed by atoms with E-state index in [0.29, 0.717) is 0 Å². The minimum absolute atomic E-state index is 0.0154. The molecule has 4 nitrogen and oxygen atoms in total. The third-order valence-electron chi connectivity index (χ3n) is 5.27. The van der Waals surface area contributed by atoms with Gasteiger partial charge in [-0.2, -0.15) is 0 Å². The second kappa shape index (κ2) is 9.67. The van der Waals surface area contributed by atoms with Crippen molar-refractivity contribution in [1.29, 1.82) is 0 Å². The zero-order chi connectivity index (χ0) is 19.1. The summed E-state index contributed by atoms with van der Waals surface area (Å²) in [6, 6.07) is 20.5. The molecule has 1 amide bonds. The predicted molar refractivity (Wildman–Crippen MR) is 110 cm³/mol. The summed E-state index contributed by atoms with van der Waals surface area (Å²) in [5.41, 5.74) is 2.30. The summed E-state index contributed by atoms with van der Waals surface area (Å²) in [5, 5.41) is 6.87. The van der Waals surface area contributed by atoms with Crippen molar-refractivity contribution in [2.45, 2.75) is 51.4 Å². The molecular formula is C23H31N3O. The van der Waals surface area contributed by atoms with Gasteiger partial charge in [-0.25, -0.2) is 0 Å². The highest BCUT2D eigenvalue weighted by molar-refractivity contribution is 5.85. The highest BCUT2D eigenvalue weighted by Crippen LogP contribution is 2.33. The molecule has 2 aromatic rings. The van der Waals surface area contributed by atoms with Crippen LogP contribution in [0.3, 0.4) is 0 Å². The summed E-state index contributed by atoms with van der Waals surface area (Å²) >= 11 is 0. The van der Waals surface area contributed by atoms with Crippen LogP contribution in [0.2, 0.25) is 0 Å². The molecule has 4 heteroatoms. The highest BCUT2D eigenvalue weighted by Gasteiger charge is 2.40. The summed E-state index contributed by atoms with van der Waals surface area (Å²) in [7, 11) is 0. The number of amides is 1. The van der Waals surface area contributed by atoms with Crippen LogP contribution >= 0.6 is 0 Å². The van der Waals surface area contributed by atoms with E-state index in [9.17, 15) is 4.79 Å². The normalized spacial score (nSPS) is 19.8. The van der Waals surface area contributed by atoms with Crippen LogP contribution in [-0.2, 0) is 4.79 Å². The Balaban J connectivity index is 1.77. The van der Waals surface area contributed by atoms with Crippen molar-refractivity contribution in [3.63, 3.8) is 0 Å². The number of rotatable bonds is 9. The van der Waals surface area contributed by atoms with Crippen molar-refractivity contribution in [1.82, 2.24) is 15.5 Å². The van der Waals surface area contributed by atoms with E-state index in [0.717, 1.165) is 43.5 Å². The molecule has 0 aliphatic carbocycles. The largest absolute Gasteiger partial charge is 0.317 e. The van der Waals surface area contributed by atoms with Gasteiger partial charge in [0, 0.05) is 0 Å². The third-order valence-corrected chi connectivity index (χ3v) is 5.27. The maximum Gasteiger partial charge on any atom is 0.241 e. The van der Waals surface area contributed by atoms with E-state index < -0.39 is 0 Å². The Morgan fingerprint density at radius 1 is 1.00 bits per heavy atom. The first kappa shape index (κ1) is 19.6. The van der Waals surface area contributed by atoms with Crippen molar-refractivity contribution in [3.8, 4) is 0 Å². The van der Waals surface area contributed by atoms with Crippen molar-refractivity contribution in [3.05, 3.63) is 71.8 Å². The zero-order valence-electron chi connectivity index (χ0n) is 16.4. The molecule has 1 saturated heterocycles. The number of nitrogens with one attached hydrogen (secondary N) is 2. The van der Waals surface area contributed by atoms with Gasteiger partial charge in [0.25, 0.3) is 0 Å². The Hall–Kier alpha value is -2.17. The van der Waals surface area contributed by atoms with Crippen molar-refractivity contribution in [2.24, 2.45) is 0 Å². The Bertz CT molecular complexity index is 665. The molecule has 0 spiro atoms. The number of unbranched alkanes of at least 4 members (excludes halogenated alkanes) is 1. The molecule has 1 unspecified atom stereocenters. The van der Waals surface area contributed by atoms with Crippen LogP contribution in [0.25, 0.3) is 0 Å². The second-order valence-electron chi connectivity index (χ2n) is 7.21. The average molecular weight is 366 g/mol. The van der Waals surface area contributed by atoms with Crippen LogP contribution in [0.1, 0.15) is 50.3 Å². The summed E-state index contributed by atoms with van der Waals surface area (Å²) in [6.45, 7) is 6.24. The van der Waals surface area contributed by atoms with Gasteiger partial charge in [-0.1, -0.05) is 74.0 Å². The van der Waals surface area contributed by atoms with Crippen LogP contribution in [0.4, 0.5) is 0 Å². The lowest BCUT2D eigenvalue weighted by molar-refractivity contribution is -0.131. The van der Waals surface area contributed by atoms with Gasteiger partial charge in [-0.15, -0.1) is 0 Å². The Morgan fingerprint density at radius 2 is 1.59 bits per heavy atom. The number of hydrogen-bond acceptors (Lipinski definition) is 3. The first-order chi connectivity index (χ1) is 13.2. The number of hydrogen-bond donors (Lipinski definition) is 2. The third kappa shape index (κ3) is 4.76. The number of carbonyl (C=O) groups excluding carboxylic acids is 1. The maximum atomic E-state index is 13.3. The molecule has 0 aromatic heterocycles. The molecule has 27 heavy (non-hydrogen) atoms. The molecule has 1 fully saturated rings. The predicted octanol–water partition coefficient (Wildman–Crippen LogP) is 3.70. The van der Waals surface area contributed by atoms with Crippen LogP contribution < -0.4 is 10.6 Å².